The predicted octanol–water partition coefficient (Wildman–Crippen LogP) is 4.26. The van der Waals surface area contributed by atoms with E-state index in [1.165, 1.54) is 0 Å². The molecule has 5 heterocycles. The predicted molar refractivity (Wildman–Crippen MR) is 167 cm³/mol. The van der Waals surface area contributed by atoms with Crippen molar-refractivity contribution in [2.75, 3.05) is 5.32 Å². The number of aliphatic hydroxyl groups is 1. The van der Waals surface area contributed by atoms with Crippen molar-refractivity contribution in [3.8, 4) is 17.1 Å². The SMILES string of the molecule is CCC(O)(CC)C(=O)N[C@H]1Cc2ccc3c(c2)C2(c4ccccc4NC2O3)c2oc(nc2-c2cc(C)n[nH]2)[C@H](C(C)C)NC1=O. The number of fused-ring (bicyclic) bond motifs is 4. The van der Waals surface area contributed by atoms with Gasteiger partial charge in [-0.15, -0.1) is 0 Å². The van der Waals surface area contributed by atoms with Crippen LogP contribution in [0.3, 0.4) is 0 Å². The Kier molecular flexibility index (Phi) is 6.77. The number of nitrogens with zero attached hydrogens (tertiary/aromatic N) is 2. The number of carbonyl (C=O) groups is 2. The molecule has 0 radical (unpaired) electrons. The summed E-state index contributed by atoms with van der Waals surface area (Å²) >= 11 is 0. The van der Waals surface area contributed by atoms with Crippen LogP contribution in [0, 0.1) is 12.8 Å². The fourth-order valence-electron chi connectivity index (χ4n) is 6.89. The van der Waals surface area contributed by atoms with Crippen molar-refractivity contribution < 1.29 is 23.8 Å². The van der Waals surface area contributed by atoms with E-state index >= 15 is 0 Å². The van der Waals surface area contributed by atoms with Crippen molar-refractivity contribution in [1.82, 2.24) is 25.8 Å². The molecule has 45 heavy (non-hydrogen) atoms. The molecule has 2 aromatic heterocycles. The zero-order valence-corrected chi connectivity index (χ0v) is 26.0. The highest BCUT2D eigenvalue weighted by Gasteiger charge is 2.60. The van der Waals surface area contributed by atoms with Crippen LogP contribution in [-0.2, 0) is 21.4 Å². The minimum absolute atomic E-state index is 0.116. The van der Waals surface area contributed by atoms with Crippen molar-refractivity contribution >= 4 is 17.5 Å². The lowest BCUT2D eigenvalue weighted by Gasteiger charge is -2.30. The molecule has 11 heteroatoms. The lowest BCUT2D eigenvalue weighted by atomic mass is 9.72. The number of aromatic amines is 1. The number of H-pyrrole nitrogens is 1. The number of aromatic nitrogens is 3. The van der Waals surface area contributed by atoms with Gasteiger partial charge in [0.1, 0.15) is 34.5 Å². The Morgan fingerprint density at radius 3 is 2.62 bits per heavy atom. The number of carbonyl (C=O) groups excluding carboxylic acids is 2. The van der Waals surface area contributed by atoms with E-state index in [0.717, 1.165) is 28.1 Å². The molecule has 3 aliphatic heterocycles. The van der Waals surface area contributed by atoms with Gasteiger partial charge in [-0.1, -0.05) is 58.0 Å². The van der Waals surface area contributed by atoms with Crippen LogP contribution in [0.2, 0.25) is 0 Å². The number of para-hydroxylation sites is 1. The smallest absolute Gasteiger partial charge is 0.252 e. The number of benzene rings is 2. The lowest BCUT2D eigenvalue weighted by molar-refractivity contribution is -0.143. The standard InChI is InChI=1S/C34H38N6O5/c1-6-33(43,7-2)31(42)35-24-16-19-12-13-25-21(15-19)34(20-10-8-9-11-22(20)36-32(34)44-25)28-27(23-14-18(5)39-40-23)38-30(45-28)26(17(3)4)37-29(24)41/h8-15,17,24,26,32,36,43H,6-7,16H2,1-5H3,(H,35,42)(H,37,41)(H,39,40)/t24-,26-,32?,34?/m0/s1. The van der Waals surface area contributed by atoms with Crippen LogP contribution < -0.4 is 20.7 Å². The molecule has 7 rings (SSSR count). The van der Waals surface area contributed by atoms with Gasteiger partial charge in [0.25, 0.3) is 5.91 Å². The summed E-state index contributed by atoms with van der Waals surface area (Å²) in [6, 6.07) is 14.3. The van der Waals surface area contributed by atoms with Crippen molar-refractivity contribution in [2.45, 2.75) is 83.2 Å². The molecular weight excluding hydrogens is 572 g/mol. The third-order valence-corrected chi connectivity index (χ3v) is 9.59. The number of amides is 2. The normalized spacial score (nSPS) is 23.3. The molecule has 4 bridgehead atoms. The van der Waals surface area contributed by atoms with Crippen molar-refractivity contribution in [1.29, 1.82) is 0 Å². The van der Waals surface area contributed by atoms with E-state index in [2.05, 4.69) is 32.2 Å². The summed E-state index contributed by atoms with van der Waals surface area (Å²) in [6.07, 6.45) is 0.117. The molecule has 0 aliphatic carbocycles. The van der Waals surface area contributed by atoms with Crippen LogP contribution in [0.5, 0.6) is 5.75 Å². The van der Waals surface area contributed by atoms with E-state index < -0.39 is 41.1 Å². The molecule has 5 N–H and O–H groups in total. The van der Waals surface area contributed by atoms with Crippen LogP contribution in [0.4, 0.5) is 5.69 Å². The highest BCUT2D eigenvalue weighted by molar-refractivity contribution is 5.91. The van der Waals surface area contributed by atoms with Gasteiger partial charge in [0.2, 0.25) is 11.8 Å². The van der Waals surface area contributed by atoms with Gasteiger partial charge in [-0.2, -0.15) is 5.10 Å². The van der Waals surface area contributed by atoms with E-state index in [-0.39, 0.29) is 25.2 Å². The molecule has 2 aromatic carbocycles. The quantitative estimate of drug-likeness (QED) is 0.217. The summed E-state index contributed by atoms with van der Waals surface area (Å²) in [5.74, 6) is 0.515. The summed E-state index contributed by atoms with van der Waals surface area (Å²) in [6.45, 7) is 9.37. The van der Waals surface area contributed by atoms with Gasteiger partial charge in [0, 0.05) is 17.7 Å². The first-order valence-electron chi connectivity index (χ1n) is 15.6. The minimum atomic E-state index is -1.59. The van der Waals surface area contributed by atoms with Gasteiger partial charge < -0.3 is 30.2 Å². The Bertz CT molecular complexity index is 1810. The van der Waals surface area contributed by atoms with Crippen LogP contribution >= 0.6 is 0 Å². The number of hydrogen-bond acceptors (Lipinski definition) is 8. The number of nitrogens with one attached hydrogen (secondary N) is 4. The maximum atomic E-state index is 14.0. The van der Waals surface area contributed by atoms with E-state index in [9.17, 15) is 14.7 Å². The summed E-state index contributed by atoms with van der Waals surface area (Å²) in [5, 5.41) is 28.0. The van der Waals surface area contributed by atoms with Crippen LogP contribution in [0.1, 0.15) is 80.6 Å². The molecule has 0 saturated carbocycles. The first kappa shape index (κ1) is 29.1. The molecular formula is C34H38N6O5. The van der Waals surface area contributed by atoms with Crippen molar-refractivity contribution in [3.63, 3.8) is 0 Å². The Hall–Kier alpha value is -4.64. The fraction of sp³-hybridized carbons (Fsp3) is 0.412. The number of hydrogen-bond donors (Lipinski definition) is 5. The summed E-state index contributed by atoms with van der Waals surface area (Å²) in [7, 11) is 0. The first-order chi connectivity index (χ1) is 21.6. The Labute approximate surface area is 261 Å². The van der Waals surface area contributed by atoms with E-state index in [1.54, 1.807) is 13.8 Å². The highest BCUT2D eigenvalue weighted by atomic mass is 16.5. The third-order valence-electron chi connectivity index (χ3n) is 9.59. The number of anilines is 1. The van der Waals surface area contributed by atoms with Crippen LogP contribution in [0.15, 0.2) is 52.9 Å². The number of oxazole rings is 1. The van der Waals surface area contributed by atoms with Gasteiger partial charge in [-0.3, -0.25) is 14.7 Å². The molecule has 1 spiro atoms. The number of rotatable bonds is 6. The van der Waals surface area contributed by atoms with Crippen molar-refractivity contribution in [2.24, 2.45) is 5.92 Å². The zero-order valence-electron chi connectivity index (χ0n) is 26.0. The van der Waals surface area contributed by atoms with E-state index in [0.29, 0.717) is 28.8 Å². The highest BCUT2D eigenvalue weighted by Crippen LogP contribution is 2.59. The molecule has 4 atom stereocenters. The van der Waals surface area contributed by atoms with Gasteiger partial charge >= 0.3 is 0 Å². The molecule has 11 nitrogen and oxygen atoms in total. The van der Waals surface area contributed by atoms with Gasteiger partial charge in [-0.25, -0.2) is 4.98 Å². The first-order valence-corrected chi connectivity index (χ1v) is 15.6. The minimum Gasteiger partial charge on any atom is -0.469 e. The molecule has 2 amide bonds. The zero-order chi connectivity index (χ0) is 31.7. The van der Waals surface area contributed by atoms with Gasteiger partial charge in [-0.05, 0) is 55.0 Å². The Morgan fingerprint density at radius 1 is 1.13 bits per heavy atom. The largest absolute Gasteiger partial charge is 0.469 e. The average Bonchev–Trinajstić information content (AvgIpc) is 3.79. The molecule has 234 valence electrons. The monoisotopic (exact) mass is 610 g/mol. The second kappa shape index (κ2) is 10.5. The topological polar surface area (TPSA) is 154 Å². The Morgan fingerprint density at radius 2 is 1.91 bits per heavy atom. The molecule has 0 saturated heterocycles. The number of aryl methyl sites for hydroxylation is 1. The second-order valence-electron chi connectivity index (χ2n) is 12.7. The van der Waals surface area contributed by atoms with Gasteiger partial charge in [0.15, 0.2) is 12.0 Å². The maximum absolute atomic E-state index is 14.0. The Balaban J connectivity index is 1.47. The molecule has 4 aromatic rings. The fourth-order valence-corrected chi connectivity index (χ4v) is 6.89. The van der Waals surface area contributed by atoms with E-state index in [1.807, 2.05) is 63.2 Å². The second-order valence-corrected chi connectivity index (χ2v) is 12.7. The average molecular weight is 611 g/mol. The maximum Gasteiger partial charge on any atom is 0.252 e. The summed E-state index contributed by atoms with van der Waals surface area (Å²) in [4.78, 5) is 32.4. The van der Waals surface area contributed by atoms with E-state index in [4.69, 9.17) is 14.1 Å². The summed E-state index contributed by atoms with van der Waals surface area (Å²) < 4.78 is 13.5. The van der Waals surface area contributed by atoms with Crippen molar-refractivity contribution in [3.05, 3.63) is 82.6 Å². The van der Waals surface area contributed by atoms with Gasteiger partial charge in [0.05, 0.1) is 11.4 Å². The third kappa shape index (κ3) is 4.35. The molecule has 2 unspecified atom stereocenters. The summed E-state index contributed by atoms with van der Waals surface area (Å²) in [5.41, 5.74) is 3.15. The molecule has 0 fully saturated rings. The lowest BCUT2D eigenvalue weighted by Crippen LogP contribution is -2.55. The molecule has 3 aliphatic rings. The number of ether oxygens (including phenoxy) is 1. The van der Waals surface area contributed by atoms with Crippen LogP contribution in [-0.4, -0.2) is 50.0 Å². The van der Waals surface area contributed by atoms with Crippen LogP contribution in [0.25, 0.3) is 11.4 Å².